The molecule has 4 nitrogen and oxygen atoms in total. The summed E-state index contributed by atoms with van der Waals surface area (Å²) in [5.41, 5.74) is 0.463. The number of hydrogen-bond acceptors (Lipinski definition) is 3. The van der Waals surface area contributed by atoms with Crippen molar-refractivity contribution in [1.29, 1.82) is 0 Å². The van der Waals surface area contributed by atoms with Crippen LogP contribution >= 0.6 is 0 Å². The van der Waals surface area contributed by atoms with Crippen LogP contribution in [0.1, 0.15) is 23.8 Å². The van der Waals surface area contributed by atoms with Crippen LogP contribution in [0.15, 0.2) is 12.3 Å². The number of rotatable bonds is 2. The first-order chi connectivity index (χ1) is 6.63. The Balaban J connectivity index is 2.28. The SMILES string of the molecule is Cn1nccc1C(=O)C1(C)CCNC1. The van der Waals surface area contributed by atoms with Crippen LogP contribution in [0, 0.1) is 5.41 Å². The number of aromatic nitrogens is 2. The third kappa shape index (κ3) is 1.35. The highest BCUT2D eigenvalue weighted by atomic mass is 16.1. The smallest absolute Gasteiger partial charge is 0.188 e. The lowest BCUT2D eigenvalue weighted by atomic mass is 9.83. The number of aryl methyl sites for hydroxylation is 1. The summed E-state index contributed by atoms with van der Waals surface area (Å²) in [6.45, 7) is 3.72. The van der Waals surface area contributed by atoms with Gasteiger partial charge in [-0.25, -0.2) is 0 Å². The van der Waals surface area contributed by atoms with E-state index in [2.05, 4.69) is 10.4 Å². The quantitative estimate of drug-likeness (QED) is 0.700. The van der Waals surface area contributed by atoms with Crippen molar-refractivity contribution in [2.75, 3.05) is 13.1 Å². The topological polar surface area (TPSA) is 46.9 Å². The van der Waals surface area contributed by atoms with Gasteiger partial charge in [0.2, 0.25) is 0 Å². The first-order valence-corrected chi connectivity index (χ1v) is 4.87. The molecule has 0 aromatic carbocycles. The standard InChI is InChI=1S/C10H15N3O/c1-10(4-6-11-7-10)9(14)8-3-5-12-13(8)2/h3,5,11H,4,6-7H2,1-2H3. The maximum Gasteiger partial charge on any atom is 0.188 e. The van der Waals surface area contributed by atoms with E-state index < -0.39 is 0 Å². The summed E-state index contributed by atoms with van der Waals surface area (Å²) in [6, 6.07) is 1.78. The van der Waals surface area contributed by atoms with Gasteiger partial charge < -0.3 is 5.32 Å². The summed E-state index contributed by atoms with van der Waals surface area (Å²) in [5.74, 6) is 0.197. The Bertz CT molecular complexity index is 350. The van der Waals surface area contributed by atoms with Crippen LogP contribution in [0.2, 0.25) is 0 Å². The van der Waals surface area contributed by atoms with Crippen molar-refractivity contribution < 1.29 is 4.79 Å². The Kier molecular flexibility index (Phi) is 2.15. The molecule has 76 valence electrons. The average molecular weight is 193 g/mol. The van der Waals surface area contributed by atoms with Gasteiger partial charge in [0, 0.05) is 25.2 Å². The summed E-state index contributed by atoms with van der Waals surface area (Å²) in [4.78, 5) is 12.1. The van der Waals surface area contributed by atoms with Gasteiger partial charge in [-0.2, -0.15) is 5.10 Å². The predicted octanol–water partition coefficient (Wildman–Crippen LogP) is 0.602. The van der Waals surface area contributed by atoms with Crippen molar-refractivity contribution in [3.63, 3.8) is 0 Å². The minimum absolute atomic E-state index is 0.197. The van der Waals surface area contributed by atoms with Crippen molar-refractivity contribution in [3.05, 3.63) is 18.0 Å². The lowest BCUT2D eigenvalue weighted by Crippen LogP contribution is -2.31. The fraction of sp³-hybridized carbons (Fsp3) is 0.600. The fourth-order valence-electron chi connectivity index (χ4n) is 1.92. The number of carbonyl (C=O) groups is 1. The van der Waals surface area contributed by atoms with Crippen molar-refractivity contribution in [1.82, 2.24) is 15.1 Å². The van der Waals surface area contributed by atoms with Crippen molar-refractivity contribution >= 4 is 5.78 Å². The van der Waals surface area contributed by atoms with E-state index in [1.54, 1.807) is 24.0 Å². The first kappa shape index (κ1) is 9.40. The van der Waals surface area contributed by atoms with Crippen molar-refractivity contribution in [2.45, 2.75) is 13.3 Å². The monoisotopic (exact) mass is 193 g/mol. The zero-order chi connectivity index (χ0) is 10.2. The number of ketones is 1. The zero-order valence-electron chi connectivity index (χ0n) is 8.58. The molecule has 1 aliphatic rings. The molecule has 0 spiro atoms. The molecule has 1 aromatic rings. The van der Waals surface area contributed by atoms with Crippen LogP contribution in [0.25, 0.3) is 0 Å². The van der Waals surface area contributed by atoms with Crippen LogP contribution in [-0.2, 0) is 7.05 Å². The molecule has 2 rings (SSSR count). The summed E-state index contributed by atoms with van der Waals surface area (Å²) >= 11 is 0. The molecule has 1 aromatic heterocycles. The van der Waals surface area contributed by atoms with Crippen LogP contribution in [0.3, 0.4) is 0 Å². The molecule has 1 atom stereocenters. The fourth-order valence-corrected chi connectivity index (χ4v) is 1.92. The Morgan fingerprint density at radius 3 is 3.00 bits per heavy atom. The second kappa shape index (κ2) is 3.20. The second-order valence-corrected chi connectivity index (χ2v) is 4.16. The van der Waals surface area contributed by atoms with Gasteiger partial charge in [0.05, 0.1) is 0 Å². The van der Waals surface area contributed by atoms with Crippen molar-refractivity contribution in [3.8, 4) is 0 Å². The van der Waals surface area contributed by atoms with Gasteiger partial charge in [-0.15, -0.1) is 0 Å². The molecule has 0 aliphatic carbocycles. The highest BCUT2D eigenvalue weighted by molar-refractivity contribution is 5.99. The molecular formula is C10H15N3O. The van der Waals surface area contributed by atoms with Crippen LogP contribution in [0.4, 0.5) is 0 Å². The minimum Gasteiger partial charge on any atom is -0.316 e. The van der Waals surface area contributed by atoms with Gasteiger partial charge in [-0.05, 0) is 19.0 Å². The minimum atomic E-state index is -0.242. The number of hydrogen-bond donors (Lipinski definition) is 1. The number of nitrogens with zero attached hydrogens (tertiary/aromatic N) is 2. The summed E-state index contributed by atoms with van der Waals surface area (Å²) in [7, 11) is 1.80. The van der Waals surface area contributed by atoms with Gasteiger partial charge in [-0.3, -0.25) is 9.48 Å². The Morgan fingerprint density at radius 2 is 2.50 bits per heavy atom. The Labute approximate surface area is 83.3 Å². The van der Waals surface area contributed by atoms with E-state index in [-0.39, 0.29) is 11.2 Å². The maximum atomic E-state index is 12.1. The van der Waals surface area contributed by atoms with E-state index in [0.717, 1.165) is 19.5 Å². The van der Waals surface area contributed by atoms with E-state index in [0.29, 0.717) is 5.69 Å². The van der Waals surface area contributed by atoms with E-state index >= 15 is 0 Å². The molecule has 0 saturated carbocycles. The average Bonchev–Trinajstić information content (AvgIpc) is 2.74. The number of nitrogens with one attached hydrogen (secondary N) is 1. The first-order valence-electron chi connectivity index (χ1n) is 4.87. The Morgan fingerprint density at radius 1 is 1.71 bits per heavy atom. The third-order valence-corrected chi connectivity index (χ3v) is 2.97. The maximum absolute atomic E-state index is 12.1. The summed E-state index contributed by atoms with van der Waals surface area (Å²) in [5, 5.41) is 7.24. The van der Waals surface area contributed by atoms with Crippen molar-refractivity contribution in [2.24, 2.45) is 12.5 Å². The lowest BCUT2D eigenvalue weighted by Gasteiger charge is -2.20. The molecule has 0 radical (unpaired) electrons. The van der Waals surface area contributed by atoms with Gasteiger partial charge in [-0.1, -0.05) is 6.92 Å². The van der Waals surface area contributed by atoms with Gasteiger partial charge >= 0.3 is 0 Å². The predicted molar refractivity (Wildman–Crippen MR) is 53.1 cm³/mol. The summed E-state index contributed by atoms with van der Waals surface area (Å²) < 4.78 is 1.64. The molecule has 1 aliphatic heterocycles. The highest BCUT2D eigenvalue weighted by Gasteiger charge is 2.37. The van der Waals surface area contributed by atoms with E-state index in [1.807, 2.05) is 6.92 Å². The largest absolute Gasteiger partial charge is 0.316 e. The van der Waals surface area contributed by atoms with E-state index in [1.165, 1.54) is 0 Å². The number of Topliss-reactive ketones (excluding diaryl/α,β-unsaturated/α-hetero) is 1. The third-order valence-electron chi connectivity index (χ3n) is 2.97. The van der Waals surface area contributed by atoms with E-state index in [9.17, 15) is 4.79 Å². The second-order valence-electron chi connectivity index (χ2n) is 4.16. The van der Waals surface area contributed by atoms with Crippen LogP contribution in [0.5, 0.6) is 0 Å². The molecule has 0 amide bonds. The molecular weight excluding hydrogens is 178 g/mol. The highest BCUT2D eigenvalue weighted by Crippen LogP contribution is 2.28. The number of carbonyl (C=O) groups excluding carboxylic acids is 1. The van der Waals surface area contributed by atoms with Gasteiger partial charge in [0.15, 0.2) is 5.78 Å². The van der Waals surface area contributed by atoms with Crippen LogP contribution in [-0.4, -0.2) is 28.7 Å². The van der Waals surface area contributed by atoms with Gasteiger partial charge in [0.25, 0.3) is 0 Å². The molecule has 1 N–H and O–H groups in total. The van der Waals surface area contributed by atoms with Gasteiger partial charge in [0.1, 0.15) is 5.69 Å². The molecule has 0 bridgehead atoms. The normalized spacial score (nSPS) is 26.7. The lowest BCUT2D eigenvalue weighted by molar-refractivity contribution is 0.0829. The zero-order valence-corrected chi connectivity index (χ0v) is 8.58. The molecule has 4 heteroatoms. The summed E-state index contributed by atoms with van der Waals surface area (Å²) in [6.07, 6.45) is 2.58. The Hall–Kier alpha value is -1.16. The molecule has 1 fully saturated rings. The molecule has 2 heterocycles. The molecule has 1 unspecified atom stereocenters. The van der Waals surface area contributed by atoms with Crippen LogP contribution < -0.4 is 5.32 Å². The molecule has 1 saturated heterocycles. The van der Waals surface area contributed by atoms with E-state index in [4.69, 9.17) is 0 Å². The molecule has 14 heavy (non-hydrogen) atoms.